The van der Waals surface area contributed by atoms with Crippen LogP contribution < -0.4 is 15.4 Å². The van der Waals surface area contributed by atoms with Crippen molar-refractivity contribution in [3.05, 3.63) is 60.3 Å². The molecular weight excluding hydrogens is 290 g/mol. The fourth-order valence-corrected chi connectivity index (χ4v) is 2.41. The third kappa shape index (κ3) is 2.94. The molecule has 0 fully saturated rings. The van der Waals surface area contributed by atoms with Crippen LogP contribution in [0.4, 0.5) is 11.4 Å². The van der Waals surface area contributed by atoms with E-state index in [-0.39, 0.29) is 5.91 Å². The highest BCUT2D eigenvalue weighted by molar-refractivity contribution is 6.08. The lowest BCUT2D eigenvalue weighted by Gasteiger charge is -2.14. The summed E-state index contributed by atoms with van der Waals surface area (Å²) in [5.41, 5.74) is 2.88. The first kappa shape index (κ1) is 14.8. The quantitative estimate of drug-likeness (QED) is 0.776. The van der Waals surface area contributed by atoms with Gasteiger partial charge in [0.15, 0.2) is 0 Å². The van der Waals surface area contributed by atoms with Gasteiger partial charge in [-0.1, -0.05) is 18.2 Å². The topological polar surface area (TPSA) is 63.2 Å². The van der Waals surface area contributed by atoms with Crippen molar-refractivity contribution >= 4 is 28.2 Å². The highest BCUT2D eigenvalue weighted by atomic mass is 16.5. The van der Waals surface area contributed by atoms with E-state index in [0.717, 1.165) is 28.0 Å². The molecule has 23 heavy (non-hydrogen) atoms. The van der Waals surface area contributed by atoms with Crippen molar-refractivity contribution < 1.29 is 9.53 Å². The SMILES string of the molecule is CNC(=O)c1cnc2cc(OC)ccc2c1Nc1ccccc1. The smallest absolute Gasteiger partial charge is 0.254 e. The molecule has 0 saturated heterocycles. The minimum atomic E-state index is -0.186. The number of ether oxygens (including phenoxy) is 1. The Balaban J connectivity index is 2.18. The molecule has 0 radical (unpaired) electrons. The Kier molecular flexibility index (Phi) is 4.10. The fourth-order valence-electron chi connectivity index (χ4n) is 2.41. The van der Waals surface area contributed by atoms with E-state index in [9.17, 15) is 4.79 Å². The predicted molar refractivity (Wildman–Crippen MR) is 91.4 cm³/mol. The molecule has 3 aromatic rings. The number of rotatable bonds is 4. The minimum Gasteiger partial charge on any atom is -0.497 e. The third-order valence-electron chi connectivity index (χ3n) is 3.59. The van der Waals surface area contributed by atoms with Crippen molar-refractivity contribution in [2.45, 2.75) is 0 Å². The van der Waals surface area contributed by atoms with Crippen molar-refractivity contribution in [2.75, 3.05) is 19.5 Å². The van der Waals surface area contributed by atoms with Gasteiger partial charge in [0.1, 0.15) is 5.75 Å². The molecule has 0 bridgehead atoms. The highest BCUT2D eigenvalue weighted by Crippen LogP contribution is 2.31. The number of amides is 1. The number of fused-ring (bicyclic) bond motifs is 1. The summed E-state index contributed by atoms with van der Waals surface area (Å²) in [5.74, 6) is 0.539. The van der Waals surface area contributed by atoms with Crippen molar-refractivity contribution in [1.82, 2.24) is 10.3 Å². The molecule has 0 spiro atoms. The van der Waals surface area contributed by atoms with Crippen LogP contribution in [0.5, 0.6) is 5.75 Å². The van der Waals surface area contributed by atoms with Crippen LogP contribution in [0, 0.1) is 0 Å². The Bertz CT molecular complexity index is 848. The zero-order chi connectivity index (χ0) is 16.2. The lowest BCUT2D eigenvalue weighted by atomic mass is 10.1. The number of benzene rings is 2. The van der Waals surface area contributed by atoms with Gasteiger partial charge in [0.05, 0.1) is 23.9 Å². The van der Waals surface area contributed by atoms with Crippen molar-refractivity contribution in [3.63, 3.8) is 0 Å². The normalized spacial score (nSPS) is 10.3. The zero-order valence-electron chi connectivity index (χ0n) is 13.0. The first-order valence-electron chi connectivity index (χ1n) is 7.24. The van der Waals surface area contributed by atoms with Crippen LogP contribution in [0.25, 0.3) is 10.9 Å². The number of aromatic nitrogens is 1. The maximum absolute atomic E-state index is 12.2. The lowest BCUT2D eigenvalue weighted by molar-refractivity contribution is 0.0963. The summed E-state index contributed by atoms with van der Waals surface area (Å²) in [6.07, 6.45) is 1.58. The molecule has 2 N–H and O–H groups in total. The number of anilines is 2. The van der Waals surface area contributed by atoms with Gasteiger partial charge >= 0.3 is 0 Å². The first-order chi connectivity index (χ1) is 11.2. The zero-order valence-corrected chi connectivity index (χ0v) is 13.0. The summed E-state index contributed by atoms with van der Waals surface area (Å²) in [6.45, 7) is 0. The second-order valence-electron chi connectivity index (χ2n) is 5.00. The molecule has 1 heterocycles. The van der Waals surface area contributed by atoms with Crippen LogP contribution >= 0.6 is 0 Å². The number of pyridine rings is 1. The summed E-state index contributed by atoms with van der Waals surface area (Å²) in [6, 6.07) is 15.3. The Labute approximate surface area is 134 Å². The number of methoxy groups -OCH3 is 1. The molecular formula is C18H17N3O2. The summed E-state index contributed by atoms with van der Waals surface area (Å²) in [7, 11) is 3.22. The van der Waals surface area contributed by atoms with E-state index in [0.29, 0.717) is 5.56 Å². The Hall–Kier alpha value is -3.08. The number of hydrogen-bond acceptors (Lipinski definition) is 4. The number of carbonyl (C=O) groups excluding carboxylic acids is 1. The summed E-state index contributed by atoms with van der Waals surface area (Å²) in [4.78, 5) is 16.6. The standard InChI is InChI=1S/C18H17N3O2/c1-19-18(22)15-11-20-16-10-13(23-2)8-9-14(16)17(15)21-12-6-4-3-5-7-12/h3-11H,1-2H3,(H,19,22)(H,20,21). The van der Waals surface area contributed by atoms with E-state index in [1.165, 1.54) is 0 Å². The van der Waals surface area contributed by atoms with Crippen LogP contribution in [0.1, 0.15) is 10.4 Å². The lowest BCUT2D eigenvalue weighted by Crippen LogP contribution is -2.19. The molecule has 1 aromatic heterocycles. The molecule has 116 valence electrons. The van der Waals surface area contributed by atoms with Crippen LogP contribution in [-0.2, 0) is 0 Å². The second-order valence-corrected chi connectivity index (χ2v) is 5.00. The highest BCUT2D eigenvalue weighted by Gasteiger charge is 2.15. The van der Waals surface area contributed by atoms with E-state index in [1.807, 2.05) is 48.5 Å². The summed E-state index contributed by atoms with van der Waals surface area (Å²) >= 11 is 0. The number of nitrogens with zero attached hydrogens (tertiary/aromatic N) is 1. The van der Waals surface area contributed by atoms with Gasteiger partial charge in [0, 0.05) is 30.4 Å². The van der Waals surface area contributed by atoms with E-state index in [4.69, 9.17) is 4.74 Å². The van der Waals surface area contributed by atoms with Crippen LogP contribution in [-0.4, -0.2) is 25.0 Å². The van der Waals surface area contributed by atoms with E-state index in [1.54, 1.807) is 20.4 Å². The fraction of sp³-hybridized carbons (Fsp3) is 0.111. The van der Waals surface area contributed by atoms with Gasteiger partial charge < -0.3 is 15.4 Å². The predicted octanol–water partition coefficient (Wildman–Crippen LogP) is 3.35. The van der Waals surface area contributed by atoms with Gasteiger partial charge in [-0.25, -0.2) is 0 Å². The van der Waals surface area contributed by atoms with Gasteiger partial charge in [-0.3, -0.25) is 9.78 Å². The summed E-state index contributed by atoms with van der Waals surface area (Å²) in [5, 5.41) is 6.83. The van der Waals surface area contributed by atoms with E-state index in [2.05, 4.69) is 15.6 Å². The van der Waals surface area contributed by atoms with E-state index < -0.39 is 0 Å². The maximum Gasteiger partial charge on any atom is 0.254 e. The monoisotopic (exact) mass is 307 g/mol. The van der Waals surface area contributed by atoms with Crippen molar-refractivity contribution in [2.24, 2.45) is 0 Å². The number of para-hydroxylation sites is 1. The van der Waals surface area contributed by atoms with Gasteiger partial charge in [-0.2, -0.15) is 0 Å². The maximum atomic E-state index is 12.2. The van der Waals surface area contributed by atoms with Gasteiger partial charge in [-0.05, 0) is 24.3 Å². The van der Waals surface area contributed by atoms with Crippen LogP contribution in [0.3, 0.4) is 0 Å². The second kappa shape index (κ2) is 6.36. The summed E-state index contributed by atoms with van der Waals surface area (Å²) < 4.78 is 5.24. The third-order valence-corrected chi connectivity index (χ3v) is 3.59. The van der Waals surface area contributed by atoms with Crippen LogP contribution in [0.2, 0.25) is 0 Å². The van der Waals surface area contributed by atoms with Gasteiger partial charge in [0.2, 0.25) is 0 Å². The molecule has 0 aliphatic carbocycles. The molecule has 0 unspecified atom stereocenters. The van der Waals surface area contributed by atoms with Gasteiger partial charge in [0.25, 0.3) is 5.91 Å². The molecule has 1 amide bonds. The molecule has 0 atom stereocenters. The Morgan fingerprint density at radius 3 is 2.61 bits per heavy atom. The average Bonchev–Trinajstić information content (AvgIpc) is 2.61. The van der Waals surface area contributed by atoms with Crippen LogP contribution in [0.15, 0.2) is 54.7 Å². The van der Waals surface area contributed by atoms with Crippen molar-refractivity contribution in [3.8, 4) is 5.75 Å². The molecule has 2 aromatic carbocycles. The Morgan fingerprint density at radius 2 is 1.91 bits per heavy atom. The Morgan fingerprint density at radius 1 is 1.13 bits per heavy atom. The first-order valence-corrected chi connectivity index (χ1v) is 7.24. The number of nitrogens with one attached hydrogen (secondary N) is 2. The number of carbonyl (C=O) groups is 1. The van der Waals surface area contributed by atoms with Gasteiger partial charge in [-0.15, -0.1) is 0 Å². The molecule has 0 aliphatic heterocycles. The molecule has 5 nitrogen and oxygen atoms in total. The van der Waals surface area contributed by atoms with Crippen molar-refractivity contribution in [1.29, 1.82) is 0 Å². The minimum absolute atomic E-state index is 0.186. The van der Waals surface area contributed by atoms with E-state index >= 15 is 0 Å². The molecule has 5 heteroatoms. The molecule has 0 aliphatic rings. The largest absolute Gasteiger partial charge is 0.497 e. The molecule has 0 saturated carbocycles. The average molecular weight is 307 g/mol. The number of hydrogen-bond donors (Lipinski definition) is 2. The molecule has 3 rings (SSSR count).